The number of hydrogen-bond acceptors (Lipinski definition) is 4. The molecule has 0 unspecified atom stereocenters. The number of imide groups is 1. The lowest BCUT2D eigenvalue weighted by atomic mass is 10.1. The smallest absolute Gasteiger partial charge is 0.261 e. The van der Waals surface area contributed by atoms with Gasteiger partial charge in [0.15, 0.2) is 0 Å². The first-order valence-electron chi connectivity index (χ1n) is 9.87. The Morgan fingerprint density at radius 3 is 2.38 bits per heavy atom. The van der Waals surface area contributed by atoms with Crippen LogP contribution < -0.4 is 5.32 Å². The second-order valence-corrected chi connectivity index (χ2v) is 7.52. The minimum absolute atomic E-state index is 0.135. The minimum Gasteiger partial charge on any atom is -0.381 e. The number of benzene rings is 2. The van der Waals surface area contributed by atoms with Crippen LogP contribution >= 0.6 is 0 Å². The van der Waals surface area contributed by atoms with E-state index in [1.54, 1.807) is 48.5 Å². The summed E-state index contributed by atoms with van der Waals surface area (Å²) in [6.45, 7) is 6.18. The number of rotatable bonds is 9. The maximum atomic E-state index is 12.5. The molecule has 1 heterocycles. The topological polar surface area (TPSA) is 75.7 Å². The van der Waals surface area contributed by atoms with Crippen molar-refractivity contribution in [3.05, 3.63) is 70.8 Å². The molecule has 29 heavy (non-hydrogen) atoms. The van der Waals surface area contributed by atoms with Gasteiger partial charge in [0.2, 0.25) is 0 Å². The van der Waals surface area contributed by atoms with Gasteiger partial charge in [-0.2, -0.15) is 0 Å². The summed E-state index contributed by atoms with van der Waals surface area (Å²) < 4.78 is 5.50. The van der Waals surface area contributed by atoms with E-state index < -0.39 is 0 Å². The largest absolute Gasteiger partial charge is 0.381 e. The third kappa shape index (κ3) is 5.09. The summed E-state index contributed by atoms with van der Waals surface area (Å²) in [7, 11) is 0. The van der Waals surface area contributed by atoms with E-state index in [9.17, 15) is 14.4 Å². The monoisotopic (exact) mass is 394 g/mol. The summed E-state index contributed by atoms with van der Waals surface area (Å²) in [4.78, 5) is 38.6. The molecule has 3 rings (SSSR count). The average Bonchev–Trinajstić information content (AvgIpc) is 2.95. The normalized spacial score (nSPS) is 13.1. The van der Waals surface area contributed by atoms with E-state index in [1.165, 1.54) is 4.90 Å². The molecule has 0 atom stereocenters. The summed E-state index contributed by atoms with van der Waals surface area (Å²) in [5.74, 6) is -0.295. The Morgan fingerprint density at radius 1 is 1.03 bits per heavy atom. The Hall–Kier alpha value is -2.99. The number of carbonyl (C=O) groups is 3. The highest BCUT2D eigenvalue weighted by Gasteiger charge is 2.34. The number of nitrogens with zero attached hydrogens (tertiary/aromatic N) is 1. The fourth-order valence-corrected chi connectivity index (χ4v) is 3.17. The van der Waals surface area contributed by atoms with E-state index in [1.807, 2.05) is 0 Å². The highest BCUT2D eigenvalue weighted by atomic mass is 16.5. The second kappa shape index (κ2) is 9.47. The van der Waals surface area contributed by atoms with Crippen LogP contribution in [0.25, 0.3) is 0 Å². The first kappa shape index (κ1) is 20.7. The molecule has 6 nitrogen and oxygen atoms in total. The predicted molar refractivity (Wildman–Crippen MR) is 110 cm³/mol. The van der Waals surface area contributed by atoms with Gasteiger partial charge in [-0.25, -0.2) is 0 Å². The molecule has 0 aromatic heterocycles. The Balaban J connectivity index is 1.55. The van der Waals surface area contributed by atoms with Crippen molar-refractivity contribution in [3.8, 4) is 0 Å². The highest BCUT2D eigenvalue weighted by molar-refractivity contribution is 6.21. The Labute approximate surface area is 170 Å². The number of fused-ring (bicyclic) bond motifs is 1. The average molecular weight is 394 g/mol. The summed E-state index contributed by atoms with van der Waals surface area (Å²) in [5, 5.41) is 2.87. The SMILES string of the molecule is CC(C)COCCCNC(=O)c1cccc(CN2C(=O)c3ccccc3C2=O)c1. The molecular weight excluding hydrogens is 368 g/mol. The number of carbonyl (C=O) groups excluding carboxylic acids is 3. The van der Waals surface area contributed by atoms with Crippen LogP contribution in [0.3, 0.4) is 0 Å². The predicted octanol–water partition coefficient (Wildman–Crippen LogP) is 3.28. The third-order valence-corrected chi connectivity index (χ3v) is 4.61. The fraction of sp³-hybridized carbons (Fsp3) is 0.348. The van der Waals surface area contributed by atoms with Gasteiger partial charge >= 0.3 is 0 Å². The van der Waals surface area contributed by atoms with E-state index in [2.05, 4.69) is 19.2 Å². The summed E-state index contributed by atoms with van der Waals surface area (Å²) >= 11 is 0. The Kier molecular flexibility index (Phi) is 6.77. The van der Waals surface area contributed by atoms with Crippen LogP contribution in [0.5, 0.6) is 0 Å². The molecule has 0 bridgehead atoms. The summed E-state index contributed by atoms with van der Waals surface area (Å²) in [5.41, 5.74) is 2.08. The van der Waals surface area contributed by atoms with E-state index >= 15 is 0 Å². The van der Waals surface area contributed by atoms with Gasteiger partial charge < -0.3 is 10.1 Å². The first-order chi connectivity index (χ1) is 14.0. The Bertz CT molecular complexity index is 872. The molecule has 1 aliphatic rings. The van der Waals surface area contributed by atoms with Crippen molar-refractivity contribution < 1.29 is 19.1 Å². The fourth-order valence-electron chi connectivity index (χ4n) is 3.17. The number of hydrogen-bond donors (Lipinski definition) is 1. The molecule has 2 aromatic carbocycles. The van der Waals surface area contributed by atoms with Gasteiger partial charge in [-0.15, -0.1) is 0 Å². The molecule has 1 N–H and O–H groups in total. The maximum Gasteiger partial charge on any atom is 0.261 e. The Morgan fingerprint density at radius 2 is 1.72 bits per heavy atom. The van der Waals surface area contributed by atoms with Crippen LogP contribution in [0, 0.1) is 5.92 Å². The van der Waals surface area contributed by atoms with Crippen LogP contribution in [0.4, 0.5) is 0 Å². The van der Waals surface area contributed by atoms with Gasteiger partial charge in [-0.3, -0.25) is 19.3 Å². The number of nitrogens with one attached hydrogen (secondary N) is 1. The van der Waals surface area contributed by atoms with Crippen LogP contribution in [-0.4, -0.2) is 42.4 Å². The van der Waals surface area contributed by atoms with Crippen molar-refractivity contribution >= 4 is 17.7 Å². The zero-order valence-electron chi connectivity index (χ0n) is 16.8. The first-order valence-corrected chi connectivity index (χ1v) is 9.87. The second-order valence-electron chi connectivity index (χ2n) is 7.52. The van der Waals surface area contributed by atoms with Crippen LogP contribution in [-0.2, 0) is 11.3 Å². The van der Waals surface area contributed by atoms with Crippen LogP contribution in [0.1, 0.15) is 56.9 Å². The zero-order valence-corrected chi connectivity index (χ0v) is 16.8. The van der Waals surface area contributed by atoms with Crippen LogP contribution in [0.15, 0.2) is 48.5 Å². The van der Waals surface area contributed by atoms with E-state index in [4.69, 9.17) is 4.74 Å². The van der Waals surface area contributed by atoms with E-state index in [0.29, 0.717) is 42.4 Å². The van der Waals surface area contributed by atoms with Crippen molar-refractivity contribution in [2.75, 3.05) is 19.8 Å². The molecule has 3 amide bonds. The van der Waals surface area contributed by atoms with Crippen molar-refractivity contribution in [2.45, 2.75) is 26.8 Å². The van der Waals surface area contributed by atoms with Crippen molar-refractivity contribution in [1.29, 1.82) is 0 Å². The number of ether oxygens (including phenoxy) is 1. The lowest BCUT2D eigenvalue weighted by Gasteiger charge is -2.14. The summed E-state index contributed by atoms with van der Waals surface area (Å²) in [6.07, 6.45) is 0.743. The van der Waals surface area contributed by atoms with Crippen molar-refractivity contribution in [2.24, 2.45) is 5.92 Å². The molecular formula is C23H26N2O4. The molecule has 152 valence electrons. The quantitative estimate of drug-likeness (QED) is 0.523. The van der Waals surface area contributed by atoms with Crippen molar-refractivity contribution in [3.63, 3.8) is 0 Å². The molecule has 0 radical (unpaired) electrons. The molecule has 6 heteroatoms. The lowest BCUT2D eigenvalue weighted by molar-refractivity contribution is 0.0642. The number of amides is 3. The van der Waals surface area contributed by atoms with Gasteiger partial charge in [0.25, 0.3) is 17.7 Å². The van der Waals surface area contributed by atoms with E-state index in [-0.39, 0.29) is 24.3 Å². The zero-order chi connectivity index (χ0) is 20.8. The molecule has 0 aliphatic carbocycles. The van der Waals surface area contributed by atoms with Crippen molar-refractivity contribution in [1.82, 2.24) is 10.2 Å². The van der Waals surface area contributed by atoms with E-state index in [0.717, 1.165) is 12.0 Å². The minimum atomic E-state index is -0.304. The molecule has 2 aromatic rings. The molecule has 1 aliphatic heterocycles. The standard InChI is InChI=1S/C23H26N2O4/c1-16(2)15-29-12-6-11-24-21(26)18-8-5-7-17(13-18)14-25-22(27)19-9-3-4-10-20(19)23(25)28/h3-5,7-10,13,16H,6,11-12,14-15H2,1-2H3,(H,24,26). The maximum absolute atomic E-state index is 12.5. The summed E-state index contributed by atoms with van der Waals surface area (Å²) in [6, 6.07) is 13.8. The van der Waals surface area contributed by atoms with Gasteiger partial charge in [-0.05, 0) is 42.2 Å². The molecule has 0 fully saturated rings. The third-order valence-electron chi connectivity index (χ3n) is 4.61. The molecule has 0 saturated heterocycles. The van der Waals surface area contributed by atoms with Gasteiger partial charge in [-0.1, -0.05) is 38.1 Å². The molecule has 0 saturated carbocycles. The highest BCUT2D eigenvalue weighted by Crippen LogP contribution is 2.24. The van der Waals surface area contributed by atoms with Gasteiger partial charge in [0.05, 0.1) is 17.7 Å². The van der Waals surface area contributed by atoms with Gasteiger partial charge in [0, 0.05) is 25.3 Å². The molecule has 0 spiro atoms. The van der Waals surface area contributed by atoms with Gasteiger partial charge in [0.1, 0.15) is 0 Å². The lowest BCUT2D eigenvalue weighted by Crippen LogP contribution is -2.29. The van der Waals surface area contributed by atoms with Crippen LogP contribution in [0.2, 0.25) is 0 Å².